The van der Waals surface area contributed by atoms with Crippen LogP contribution in [-0.2, 0) is 9.53 Å². The van der Waals surface area contributed by atoms with Crippen molar-refractivity contribution in [1.29, 1.82) is 0 Å². The van der Waals surface area contributed by atoms with Crippen LogP contribution in [0.3, 0.4) is 0 Å². The number of anilines is 1. The number of esters is 1. The zero-order valence-corrected chi connectivity index (χ0v) is 16.7. The normalized spacial score (nSPS) is 10.4. The summed E-state index contributed by atoms with van der Waals surface area (Å²) in [6, 6.07) is 17.7. The minimum Gasteiger partial charge on any atom is -0.462 e. The Morgan fingerprint density at radius 2 is 1.78 bits per heavy atom. The molecule has 27 heavy (non-hydrogen) atoms. The lowest BCUT2D eigenvalue weighted by atomic mass is 10.0. The van der Waals surface area contributed by atoms with Gasteiger partial charge in [0.25, 0.3) is 0 Å². The molecule has 0 atom stereocenters. The molecule has 1 N–H and O–H groups in total. The van der Waals surface area contributed by atoms with Crippen molar-refractivity contribution in [2.45, 2.75) is 11.8 Å². The summed E-state index contributed by atoms with van der Waals surface area (Å²) in [7, 11) is 0. The minimum atomic E-state index is -0.310. The van der Waals surface area contributed by atoms with Gasteiger partial charge < -0.3 is 10.1 Å². The molecule has 0 unspecified atom stereocenters. The summed E-state index contributed by atoms with van der Waals surface area (Å²) in [4.78, 5) is 25.6. The zero-order chi connectivity index (χ0) is 19.2. The molecule has 6 heteroatoms. The molecule has 0 bridgehead atoms. The standard InChI is InChI=1S/C21H19NO3S2/c1-3-25-21(24)19-12-18(14-6-10-17(26-2)11-7-14)20(27-19)15-4-8-16(9-5-15)22-13-23/h4-13H,3H2,1-2H3,(H,22,23). The number of carbonyl (C=O) groups excluding carboxylic acids is 2. The van der Waals surface area contributed by atoms with Gasteiger partial charge in [-0.2, -0.15) is 0 Å². The number of benzene rings is 2. The van der Waals surface area contributed by atoms with Crippen LogP contribution in [0, 0.1) is 0 Å². The van der Waals surface area contributed by atoms with Gasteiger partial charge in [0, 0.05) is 21.0 Å². The molecule has 0 saturated carbocycles. The molecule has 4 nitrogen and oxygen atoms in total. The van der Waals surface area contributed by atoms with Crippen LogP contribution in [0.4, 0.5) is 5.69 Å². The van der Waals surface area contributed by atoms with Gasteiger partial charge in [0.05, 0.1) is 6.61 Å². The number of amides is 1. The van der Waals surface area contributed by atoms with E-state index in [1.165, 1.54) is 16.2 Å². The summed E-state index contributed by atoms with van der Waals surface area (Å²) in [6.07, 6.45) is 2.69. The van der Waals surface area contributed by atoms with E-state index >= 15 is 0 Å². The highest BCUT2D eigenvalue weighted by Crippen LogP contribution is 2.40. The van der Waals surface area contributed by atoms with Gasteiger partial charge >= 0.3 is 5.97 Å². The van der Waals surface area contributed by atoms with Gasteiger partial charge in [-0.15, -0.1) is 23.1 Å². The molecule has 1 heterocycles. The molecule has 0 aliphatic heterocycles. The second-order valence-corrected chi connectivity index (χ2v) is 7.57. The van der Waals surface area contributed by atoms with Gasteiger partial charge in [-0.3, -0.25) is 4.79 Å². The fourth-order valence-electron chi connectivity index (χ4n) is 2.68. The van der Waals surface area contributed by atoms with Crippen LogP contribution in [0.5, 0.6) is 0 Å². The summed E-state index contributed by atoms with van der Waals surface area (Å²) in [6.45, 7) is 2.14. The first kappa shape index (κ1) is 19.2. The molecule has 0 aliphatic rings. The quantitative estimate of drug-likeness (QED) is 0.323. The average molecular weight is 398 g/mol. The van der Waals surface area contributed by atoms with E-state index in [-0.39, 0.29) is 5.97 Å². The average Bonchev–Trinajstić information content (AvgIpc) is 3.15. The second kappa shape index (κ2) is 8.88. The van der Waals surface area contributed by atoms with E-state index in [9.17, 15) is 9.59 Å². The first-order valence-electron chi connectivity index (χ1n) is 8.42. The maximum absolute atomic E-state index is 12.2. The first-order chi connectivity index (χ1) is 13.2. The Hall–Kier alpha value is -2.57. The van der Waals surface area contributed by atoms with Gasteiger partial charge in [-0.1, -0.05) is 24.3 Å². The molecule has 138 valence electrons. The highest BCUT2D eigenvalue weighted by atomic mass is 32.2. The topological polar surface area (TPSA) is 55.4 Å². The number of nitrogens with one attached hydrogen (secondary N) is 1. The molecule has 0 fully saturated rings. The van der Waals surface area contributed by atoms with Crippen LogP contribution in [0.2, 0.25) is 0 Å². The summed E-state index contributed by atoms with van der Waals surface area (Å²) < 4.78 is 5.17. The molecule has 0 aliphatic carbocycles. The van der Waals surface area contributed by atoms with Crippen LogP contribution in [0.25, 0.3) is 21.6 Å². The van der Waals surface area contributed by atoms with E-state index in [1.807, 2.05) is 36.6 Å². The molecule has 1 amide bonds. The summed E-state index contributed by atoms with van der Waals surface area (Å²) in [5.41, 5.74) is 3.74. The number of thioether (sulfide) groups is 1. The Kier molecular flexibility index (Phi) is 6.32. The van der Waals surface area contributed by atoms with E-state index in [0.29, 0.717) is 17.9 Å². The fourth-order valence-corrected chi connectivity index (χ4v) is 4.17. The lowest BCUT2D eigenvalue weighted by Gasteiger charge is -2.06. The predicted octanol–water partition coefficient (Wildman–Crippen LogP) is 5.55. The molecule has 1 aromatic heterocycles. The number of rotatable bonds is 7. The second-order valence-electron chi connectivity index (χ2n) is 5.64. The van der Waals surface area contributed by atoms with Crippen LogP contribution in [0.15, 0.2) is 59.5 Å². The molecule has 0 saturated heterocycles. The molecule has 3 aromatic rings. The lowest BCUT2D eigenvalue weighted by molar-refractivity contribution is -0.105. The van der Waals surface area contributed by atoms with Gasteiger partial charge in [0.2, 0.25) is 6.41 Å². The van der Waals surface area contributed by atoms with Gasteiger partial charge in [0.15, 0.2) is 0 Å². The number of ether oxygens (including phenoxy) is 1. The number of carbonyl (C=O) groups is 2. The van der Waals surface area contributed by atoms with Crippen molar-refractivity contribution >= 4 is 41.2 Å². The van der Waals surface area contributed by atoms with Crippen molar-refractivity contribution in [3.05, 3.63) is 59.5 Å². The molecule has 2 aromatic carbocycles. The van der Waals surface area contributed by atoms with Crippen molar-refractivity contribution in [2.75, 3.05) is 18.2 Å². The van der Waals surface area contributed by atoms with E-state index < -0.39 is 0 Å². The van der Waals surface area contributed by atoms with Crippen LogP contribution >= 0.6 is 23.1 Å². The van der Waals surface area contributed by atoms with Crippen LogP contribution in [0.1, 0.15) is 16.6 Å². The number of hydrogen-bond acceptors (Lipinski definition) is 5. The maximum atomic E-state index is 12.2. The first-order valence-corrected chi connectivity index (χ1v) is 10.5. The lowest BCUT2D eigenvalue weighted by Crippen LogP contribution is -2.01. The third-order valence-electron chi connectivity index (χ3n) is 3.98. The molecular formula is C21H19NO3S2. The van der Waals surface area contributed by atoms with Crippen molar-refractivity contribution in [1.82, 2.24) is 0 Å². The Morgan fingerprint density at radius 1 is 1.11 bits per heavy atom. The van der Waals surface area contributed by atoms with Crippen molar-refractivity contribution in [3.8, 4) is 21.6 Å². The Bertz CT molecular complexity index is 931. The molecular weight excluding hydrogens is 378 g/mol. The molecule has 0 radical (unpaired) electrons. The van der Waals surface area contributed by atoms with Gasteiger partial charge in [0.1, 0.15) is 4.88 Å². The van der Waals surface area contributed by atoms with Gasteiger partial charge in [-0.05, 0) is 54.6 Å². The monoisotopic (exact) mass is 397 g/mol. The number of thiophene rings is 1. The number of hydrogen-bond donors (Lipinski definition) is 1. The third kappa shape index (κ3) is 4.40. The van der Waals surface area contributed by atoms with E-state index in [0.717, 1.165) is 27.3 Å². The SMILES string of the molecule is CCOC(=O)c1cc(-c2ccc(SC)cc2)c(-c2ccc(NC=O)cc2)s1. The highest BCUT2D eigenvalue weighted by Gasteiger charge is 2.18. The van der Waals surface area contributed by atoms with Crippen molar-refractivity contribution < 1.29 is 14.3 Å². The fraction of sp³-hybridized carbons (Fsp3) is 0.143. The highest BCUT2D eigenvalue weighted by molar-refractivity contribution is 7.98. The van der Waals surface area contributed by atoms with Gasteiger partial charge in [-0.25, -0.2) is 4.79 Å². The van der Waals surface area contributed by atoms with E-state index in [4.69, 9.17) is 4.74 Å². The Balaban J connectivity index is 2.06. The van der Waals surface area contributed by atoms with Crippen LogP contribution < -0.4 is 5.32 Å². The van der Waals surface area contributed by atoms with Crippen molar-refractivity contribution in [3.63, 3.8) is 0 Å². The smallest absolute Gasteiger partial charge is 0.348 e. The van der Waals surface area contributed by atoms with Crippen molar-refractivity contribution in [2.24, 2.45) is 0 Å². The van der Waals surface area contributed by atoms with E-state index in [2.05, 4.69) is 29.6 Å². The molecule has 0 spiro atoms. The molecule has 3 rings (SSSR count). The predicted molar refractivity (Wildman–Crippen MR) is 113 cm³/mol. The Labute approximate surface area is 166 Å². The maximum Gasteiger partial charge on any atom is 0.348 e. The summed E-state index contributed by atoms with van der Waals surface area (Å²) >= 11 is 3.10. The summed E-state index contributed by atoms with van der Waals surface area (Å²) in [5, 5.41) is 2.63. The van der Waals surface area contributed by atoms with E-state index in [1.54, 1.807) is 18.7 Å². The third-order valence-corrected chi connectivity index (χ3v) is 5.89. The Morgan fingerprint density at radius 3 is 2.37 bits per heavy atom. The largest absolute Gasteiger partial charge is 0.462 e. The zero-order valence-electron chi connectivity index (χ0n) is 15.0. The van der Waals surface area contributed by atoms with Crippen LogP contribution in [-0.4, -0.2) is 25.2 Å². The minimum absolute atomic E-state index is 0.310. The summed E-state index contributed by atoms with van der Waals surface area (Å²) in [5.74, 6) is -0.310.